The molecule has 0 spiro atoms. The van der Waals surface area contributed by atoms with Crippen molar-refractivity contribution < 1.29 is 29.0 Å². The first kappa shape index (κ1) is 42.3. The van der Waals surface area contributed by atoms with Gasteiger partial charge in [0.05, 0.1) is 13.2 Å². The van der Waals surface area contributed by atoms with E-state index in [0.717, 1.165) is 89.0 Å². The third-order valence-corrected chi connectivity index (χ3v) is 7.31. The number of unbranched alkanes of at least 4 members (excludes halogenated alkanes) is 16. The number of hydrogen-bond donors (Lipinski definition) is 1. The zero-order valence-electron chi connectivity index (χ0n) is 28.2. The van der Waals surface area contributed by atoms with E-state index in [1.165, 1.54) is 70.3 Å². The molecule has 0 aliphatic heterocycles. The molecule has 0 fully saturated rings. The van der Waals surface area contributed by atoms with Gasteiger partial charge in [-0.15, -0.1) is 0 Å². The van der Waals surface area contributed by atoms with Gasteiger partial charge in [0.2, 0.25) is 0 Å². The van der Waals surface area contributed by atoms with Crippen LogP contribution in [0.25, 0.3) is 0 Å². The highest BCUT2D eigenvalue weighted by atomic mass is 16.5. The van der Waals surface area contributed by atoms with E-state index < -0.39 is 5.97 Å². The Bertz CT molecular complexity index is 599. The molecule has 0 saturated carbocycles. The predicted molar refractivity (Wildman–Crippen MR) is 176 cm³/mol. The number of allylic oxidation sites excluding steroid dienone is 1. The Labute approximate surface area is 259 Å². The first-order chi connectivity index (χ1) is 20.4. The average molecular weight is 597 g/mol. The molecule has 1 N–H and O–H groups in total. The highest BCUT2D eigenvalue weighted by molar-refractivity contribution is 5.80. The molecule has 0 unspecified atom stereocenters. The van der Waals surface area contributed by atoms with Crippen LogP contribution in [-0.4, -0.2) is 36.2 Å². The van der Waals surface area contributed by atoms with Crippen LogP contribution in [0.3, 0.4) is 0 Å². The fraction of sp³-hybridized carbons (Fsp3) is 0.861. The molecule has 6 nitrogen and oxygen atoms in total. The fourth-order valence-corrected chi connectivity index (χ4v) is 4.64. The maximum Gasteiger partial charge on any atom is 0.328 e. The molecule has 0 aromatic carbocycles. The van der Waals surface area contributed by atoms with Gasteiger partial charge in [-0.05, 0) is 51.4 Å². The maximum absolute atomic E-state index is 11.5. The van der Waals surface area contributed by atoms with Gasteiger partial charge in [-0.2, -0.15) is 0 Å². The lowest BCUT2D eigenvalue weighted by molar-refractivity contribution is -0.144. The van der Waals surface area contributed by atoms with Gasteiger partial charge in [0.1, 0.15) is 0 Å². The average Bonchev–Trinajstić information content (AvgIpc) is 2.96. The molecule has 248 valence electrons. The van der Waals surface area contributed by atoms with Crippen molar-refractivity contribution in [3.05, 3.63) is 11.6 Å². The van der Waals surface area contributed by atoms with Gasteiger partial charge in [0, 0.05) is 18.9 Å². The zero-order chi connectivity index (χ0) is 31.5. The number of aliphatic carboxylic acids is 1. The summed E-state index contributed by atoms with van der Waals surface area (Å²) in [4.78, 5) is 33.8. The number of carbonyl (C=O) groups excluding carboxylic acids is 2. The molecule has 0 aliphatic rings. The Kier molecular flexibility index (Phi) is 35.6. The summed E-state index contributed by atoms with van der Waals surface area (Å²) in [7, 11) is 0. The minimum atomic E-state index is -0.786. The fourth-order valence-electron chi connectivity index (χ4n) is 4.64. The van der Waals surface area contributed by atoms with E-state index in [9.17, 15) is 14.4 Å². The Hall–Kier alpha value is -1.85. The lowest BCUT2D eigenvalue weighted by atomic mass is 10.00. The van der Waals surface area contributed by atoms with Crippen LogP contribution in [0.2, 0.25) is 0 Å². The molecule has 6 heteroatoms. The molecule has 0 atom stereocenters. The number of rotatable bonds is 29. The topological polar surface area (TPSA) is 89.9 Å². The number of esters is 2. The summed E-state index contributed by atoms with van der Waals surface area (Å²) < 4.78 is 10.4. The second-order valence-electron chi connectivity index (χ2n) is 11.6. The summed E-state index contributed by atoms with van der Waals surface area (Å²) in [6.45, 7) is 9.86. The molecule has 42 heavy (non-hydrogen) atoms. The summed E-state index contributed by atoms with van der Waals surface area (Å²) in [6, 6.07) is 0. The molecule has 0 saturated heterocycles. The van der Waals surface area contributed by atoms with Crippen LogP contribution in [0.1, 0.15) is 188 Å². The van der Waals surface area contributed by atoms with Crippen LogP contribution >= 0.6 is 0 Å². The summed E-state index contributed by atoms with van der Waals surface area (Å²) in [5, 5.41) is 8.81. The second kappa shape index (κ2) is 35.3. The number of carboxylic acid groups (broad SMARTS) is 1. The van der Waals surface area contributed by atoms with E-state index >= 15 is 0 Å². The Morgan fingerprint density at radius 2 is 0.762 bits per heavy atom. The van der Waals surface area contributed by atoms with Crippen molar-refractivity contribution in [3.63, 3.8) is 0 Å². The van der Waals surface area contributed by atoms with Crippen LogP contribution < -0.4 is 0 Å². The highest BCUT2D eigenvalue weighted by Gasteiger charge is 2.05. The summed E-state index contributed by atoms with van der Waals surface area (Å²) in [5.41, 5.74) is 1.13. The summed E-state index contributed by atoms with van der Waals surface area (Å²) in [6.07, 6.45) is 28.1. The molecule has 0 rings (SSSR count). The molecule has 0 bridgehead atoms. The summed E-state index contributed by atoms with van der Waals surface area (Å²) >= 11 is 0. The van der Waals surface area contributed by atoms with Crippen molar-refractivity contribution in [2.45, 2.75) is 188 Å². The van der Waals surface area contributed by atoms with Gasteiger partial charge in [0.15, 0.2) is 0 Å². The molecule has 0 aliphatic carbocycles. The Balaban J connectivity index is 0. The maximum atomic E-state index is 11.5. The normalized spacial score (nSPS) is 10.5. The van der Waals surface area contributed by atoms with E-state index in [4.69, 9.17) is 14.6 Å². The smallest absolute Gasteiger partial charge is 0.328 e. The SMILES string of the molecule is CCCCCCC(=CC(=O)O)CCCCCC.CCCCCCOC(=O)CCCCCCCC(=O)OCCCCCC. The quantitative estimate of drug-likeness (QED) is 0.0525. The third kappa shape index (κ3) is 36.2. The van der Waals surface area contributed by atoms with Crippen LogP contribution in [0.5, 0.6) is 0 Å². The first-order valence-electron chi connectivity index (χ1n) is 17.6. The highest BCUT2D eigenvalue weighted by Crippen LogP contribution is 2.17. The van der Waals surface area contributed by atoms with Crippen LogP contribution in [0, 0.1) is 0 Å². The van der Waals surface area contributed by atoms with Crippen LogP contribution in [0.4, 0.5) is 0 Å². The Morgan fingerprint density at radius 3 is 1.12 bits per heavy atom. The lowest BCUT2D eigenvalue weighted by Crippen LogP contribution is -2.06. The van der Waals surface area contributed by atoms with Crippen molar-refractivity contribution in [2.24, 2.45) is 0 Å². The molecular formula is C36H68O6. The standard InChI is InChI=1S/C21H40O4.C15H28O2/c1-3-5-7-14-18-24-20(22)16-12-10-9-11-13-17-21(23)25-19-15-8-6-4-2;1-3-5-7-9-11-14(13-15(16)17)12-10-8-6-4-2/h3-19H2,1-2H3;13H,3-12H2,1-2H3,(H,16,17). The summed E-state index contributed by atoms with van der Waals surface area (Å²) in [5.74, 6) is -0.919. The van der Waals surface area contributed by atoms with E-state index in [1.54, 1.807) is 0 Å². The van der Waals surface area contributed by atoms with Crippen molar-refractivity contribution in [2.75, 3.05) is 13.2 Å². The van der Waals surface area contributed by atoms with Crippen LogP contribution in [-0.2, 0) is 23.9 Å². The molecule has 0 amide bonds. The lowest BCUT2D eigenvalue weighted by Gasteiger charge is -2.06. The van der Waals surface area contributed by atoms with Gasteiger partial charge in [-0.25, -0.2) is 4.79 Å². The van der Waals surface area contributed by atoms with Crippen molar-refractivity contribution in [3.8, 4) is 0 Å². The molecule has 0 aromatic rings. The first-order valence-corrected chi connectivity index (χ1v) is 17.6. The van der Waals surface area contributed by atoms with E-state index in [0.29, 0.717) is 26.1 Å². The van der Waals surface area contributed by atoms with E-state index in [2.05, 4.69) is 27.7 Å². The molecule has 0 aromatic heterocycles. The number of carbonyl (C=O) groups is 3. The minimum absolute atomic E-state index is 0.0665. The van der Waals surface area contributed by atoms with Gasteiger partial charge >= 0.3 is 17.9 Å². The van der Waals surface area contributed by atoms with Crippen molar-refractivity contribution >= 4 is 17.9 Å². The monoisotopic (exact) mass is 597 g/mol. The number of carboxylic acids is 1. The van der Waals surface area contributed by atoms with Crippen LogP contribution in [0.15, 0.2) is 11.6 Å². The molecule has 0 radical (unpaired) electrons. The van der Waals surface area contributed by atoms with Crippen molar-refractivity contribution in [1.82, 2.24) is 0 Å². The third-order valence-electron chi connectivity index (χ3n) is 7.31. The van der Waals surface area contributed by atoms with Crippen molar-refractivity contribution in [1.29, 1.82) is 0 Å². The molecular weight excluding hydrogens is 528 g/mol. The van der Waals surface area contributed by atoms with Gasteiger partial charge in [-0.1, -0.05) is 130 Å². The zero-order valence-corrected chi connectivity index (χ0v) is 28.2. The van der Waals surface area contributed by atoms with Gasteiger partial charge in [-0.3, -0.25) is 9.59 Å². The predicted octanol–water partition coefficient (Wildman–Crippen LogP) is 10.9. The largest absolute Gasteiger partial charge is 0.478 e. The van der Waals surface area contributed by atoms with E-state index in [1.807, 2.05) is 0 Å². The Morgan fingerprint density at radius 1 is 0.452 bits per heavy atom. The molecule has 0 heterocycles. The van der Waals surface area contributed by atoms with Gasteiger partial charge < -0.3 is 14.6 Å². The second-order valence-corrected chi connectivity index (χ2v) is 11.6. The van der Waals surface area contributed by atoms with Gasteiger partial charge in [0.25, 0.3) is 0 Å². The minimum Gasteiger partial charge on any atom is -0.478 e. The number of hydrogen-bond acceptors (Lipinski definition) is 5. The van der Waals surface area contributed by atoms with E-state index in [-0.39, 0.29) is 11.9 Å². The number of ether oxygens (including phenoxy) is 2.